The third-order valence-electron chi connectivity index (χ3n) is 3.22. The summed E-state index contributed by atoms with van der Waals surface area (Å²) >= 11 is 1.67. The standard InChI is InChI=1S/C17H20N2O3S/c1-19(2)16(20)12-22-15-8-4-3-7-14(15)17(21)18-10-9-13-6-5-11-23-13/h3-8,11H,9-10,12H2,1-2H3,(H,18,21). The van der Waals surface area contributed by atoms with Gasteiger partial charge in [-0.15, -0.1) is 11.3 Å². The molecular formula is C17H20N2O3S. The monoisotopic (exact) mass is 332 g/mol. The minimum absolute atomic E-state index is 0.0908. The average Bonchev–Trinajstić information content (AvgIpc) is 3.06. The van der Waals surface area contributed by atoms with Crippen molar-refractivity contribution in [3.8, 4) is 5.75 Å². The molecule has 1 aromatic carbocycles. The summed E-state index contributed by atoms with van der Waals surface area (Å²) in [4.78, 5) is 26.6. The van der Waals surface area contributed by atoms with Gasteiger partial charge in [0.25, 0.3) is 11.8 Å². The first-order valence-electron chi connectivity index (χ1n) is 7.30. The van der Waals surface area contributed by atoms with Gasteiger partial charge in [-0.05, 0) is 30.0 Å². The van der Waals surface area contributed by atoms with E-state index in [4.69, 9.17) is 4.74 Å². The zero-order chi connectivity index (χ0) is 16.7. The van der Waals surface area contributed by atoms with E-state index in [2.05, 4.69) is 5.32 Å². The fourth-order valence-corrected chi connectivity index (χ4v) is 2.61. The molecule has 0 aliphatic heterocycles. The number of carbonyl (C=O) groups is 2. The van der Waals surface area contributed by atoms with Crippen molar-refractivity contribution in [1.82, 2.24) is 10.2 Å². The van der Waals surface area contributed by atoms with Gasteiger partial charge in [0.1, 0.15) is 5.75 Å². The molecule has 0 saturated heterocycles. The van der Waals surface area contributed by atoms with E-state index in [1.54, 1.807) is 49.7 Å². The van der Waals surface area contributed by atoms with Crippen molar-refractivity contribution in [1.29, 1.82) is 0 Å². The lowest BCUT2D eigenvalue weighted by molar-refractivity contribution is -0.130. The van der Waals surface area contributed by atoms with E-state index in [1.165, 1.54) is 9.78 Å². The summed E-state index contributed by atoms with van der Waals surface area (Å²) in [5, 5.41) is 4.90. The Labute approximate surface area is 139 Å². The maximum Gasteiger partial charge on any atom is 0.259 e. The van der Waals surface area contributed by atoms with Crippen LogP contribution in [-0.4, -0.2) is 44.0 Å². The van der Waals surface area contributed by atoms with Crippen LogP contribution in [0.5, 0.6) is 5.75 Å². The Hall–Kier alpha value is -2.34. The van der Waals surface area contributed by atoms with Gasteiger partial charge in [0.2, 0.25) is 0 Å². The first-order valence-corrected chi connectivity index (χ1v) is 8.18. The second-order valence-corrected chi connectivity index (χ2v) is 6.19. The minimum atomic E-state index is -0.200. The average molecular weight is 332 g/mol. The molecule has 1 aromatic heterocycles. The highest BCUT2D eigenvalue weighted by atomic mass is 32.1. The minimum Gasteiger partial charge on any atom is -0.483 e. The number of hydrogen-bond acceptors (Lipinski definition) is 4. The van der Waals surface area contributed by atoms with Gasteiger partial charge in [-0.2, -0.15) is 0 Å². The summed E-state index contributed by atoms with van der Waals surface area (Å²) < 4.78 is 5.48. The molecule has 0 fully saturated rings. The molecule has 0 saturated carbocycles. The van der Waals surface area contributed by atoms with Crippen LogP contribution in [0.4, 0.5) is 0 Å². The number of amides is 2. The maximum absolute atomic E-state index is 12.3. The summed E-state index contributed by atoms with van der Waals surface area (Å²) in [6, 6.07) is 11.0. The Balaban J connectivity index is 1.92. The molecule has 0 unspecified atom stereocenters. The van der Waals surface area contributed by atoms with Crippen LogP contribution in [0.15, 0.2) is 41.8 Å². The highest BCUT2D eigenvalue weighted by molar-refractivity contribution is 7.09. The summed E-state index contributed by atoms with van der Waals surface area (Å²) in [5.41, 5.74) is 0.435. The molecule has 2 rings (SSSR count). The summed E-state index contributed by atoms with van der Waals surface area (Å²) in [7, 11) is 3.32. The van der Waals surface area contributed by atoms with Gasteiger partial charge in [0.05, 0.1) is 5.56 Å². The van der Waals surface area contributed by atoms with Crippen molar-refractivity contribution in [2.45, 2.75) is 6.42 Å². The highest BCUT2D eigenvalue weighted by Gasteiger charge is 2.13. The number of para-hydroxylation sites is 1. The van der Waals surface area contributed by atoms with E-state index in [0.29, 0.717) is 17.9 Å². The Bertz CT molecular complexity index is 654. The van der Waals surface area contributed by atoms with Crippen molar-refractivity contribution in [3.63, 3.8) is 0 Å². The molecule has 0 spiro atoms. The van der Waals surface area contributed by atoms with Crippen LogP contribution in [0.3, 0.4) is 0 Å². The Morgan fingerprint density at radius 2 is 1.96 bits per heavy atom. The summed E-state index contributed by atoms with van der Waals surface area (Å²) in [6.45, 7) is 0.469. The van der Waals surface area contributed by atoms with Crippen molar-refractivity contribution in [3.05, 3.63) is 52.2 Å². The third kappa shape index (κ3) is 5.10. The van der Waals surface area contributed by atoms with E-state index in [9.17, 15) is 9.59 Å². The molecule has 5 nitrogen and oxygen atoms in total. The molecule has 0 aliphatic rings. The van der Waals surface area contributed by atoms with Crippen LogP contribution in [0.2, 0.25) is 0 Å². The second kappa shape index (κ2) is 8.33. The van der Waals surface area contributed by atoms with Crippen molar-refractivity contribution in [2.75, 3.05) is 27.2 Å². The first-order chi connectivity index (χ1) is 11.1. The van der Waals surface area contributed by atoms with E-state index in [1.807, 2.05) is 17.5 Å². The quantitative estimate of drug-likeness (QED) is 0.845. The predicted molar refractivity (Wildman–Crippen MR) is 91.0 cm³/mol. The zero-order valence-corrected chi connectivity index (χ0v) is 14.1. The maximum atomic E-state index is 12.3. The number of benzene rings is 1. The summed E-state index contributed by atoms with van der Waals surface area (Å²) in [5.74, 6) is 0.0590. The van der Waals surface area contributed by atoms with Gasteiger partial charge in [0.15, 0.2) is 6.61 Å². The second-order valence-electron chi connectivity index (χ2n) is 5.16. The van der Waals surface area contributed by atoms with Crippen LogP contribution in [0.1, 0.15) is 15.2 Å². The van der Waals surface area contributed by atoms with Gasteiger partial charge in [-0.25, -0.2) is 0 Å². The van der Waals surface area contributed by atoms with Gasteiger partial charge < -0.3 is 15.0 Å². The molecule has 122 valence electrons. The summed E-state index contributed by atoms with van der Waals surface area (Å²) in [6.07, 6.45) is 0.797. The SMILES string of the molecule is CN(C)C(=O)COc1ccccc1C(=O)NCCc1cccs1. The normalized spacial score (nSPS) is 10.2. The smallest absolute Gasteiger partial charge is 0.259 e. The molecule has 1 heterocycles. The number of rotatable bonds is 7. The Morgan fingerprint density at radius 3 is 2.65 bits per heavy atom. The van der Waals surface area contributed by atoms with Crippen LogP contribution < -0.4 is 10.1 Å². The number of nitrogens with one attached hydrogen (secondary N) is 1. The molecule has 23 heavy (non-hydrogen) atoms. The number of nitrogens with zero attached hydrogens (tertiary/aromatic N) is 1. The lowest BCUT2D eigenvalue weighted by Crippen LogP contribution is -2.29. The van der Waals surface area contributed by atoms with Gasteiger partial charge in [-0.1, -0.05) is 18.2 Å². The highest BCUT2D eigenvalue weighted by Crippen LogP contribution is 2.18. The number of hydrogen-bond donors (Lipinski definition) is 1. The lowest BCUT2D eigenvalue weighted by atomic mass is 10.2. The third-order valence-corrected chi connectivity index (χ3v) is 4.15. The van der Waals surface area contributed by atoms with E-state index in [0.717, 1.165) is 6.42 Å². The molecule has 6 heteroatoms. The topological polar surface area (TPSA) is 58.6 Å². The first kappa shape index (κ1) is 17.0. The molecule has 0 aliphatic carbocycles. The fraction of sp³-hybridized carbons (Fsp3) is 0.294. The molecule has 0 radical (unpaired) electrons. The molecular weight excluding hydrogens is 312 g/mol. The lowest BCUT2D eigenvalue weighted by Gasteiger charge is -2.14. The van der Waals surface area contributed by atoms with Crippen molar-refractivity contribution >= 4 is 23.2 Å². The van der Waals surface area contributed by atoms with Crippen LogP contribution in [0.25, 0.3) is 0 Å². The van der Waals surface area contributed by atoms with Crippen LogP contribution >= 0.6 is 11.3 Å². The zero-order valence-electron chi connectivity index (χ0n) is 13.2. The van der Waals surface area contributed by atoms with E-state index < -0.39 is 0 Å². The van der Waals surface area contributed by atoms with Crippen LogP contribution in [0, 0.1) is 0 Å². The molecule has 0 bridgehead atoms. The largest absolute Gasteiger partial charge is 0.483 e. The van der Waals surface area contributed by atoms with Gasteiger partial charge in [-0.3, -0.25) is 9.59 Å². The van der Waals surface area contributed by atoms with E-state index >= 15 is 0 Å². The number of ether oxygens (including phenoxy) is 1. The van der Waals surface area contributed by atoms with Gasteiger partial charge >= 0.3 is 0 Å². The fourth-order valence-electron chi connectivity index (χ4n) is 1.90. The molecule has 2 aromatic rings. The van der Waals surface area contributed by atoms with E-state index in [-0.39, 0.29) is 18.4 Å². The van der Waals surface area contributed by atoms with Gasteiger partial charge in [0, 0.05) is 25.5 Å². The van der Waals surface area contributed by atoms with Crippen molar-refractivity contribution in [2.24, 2.45) is 0 Å². The number of carbonyl (C=O) groups excluding carboxylic acids is 2. The number of thiophene rings is 1. The number of likely N-dealkylation sites (N-methyl/N-ethyl adjacent to an activating group) is 1. The van der Waals surface area contributed by atoms with Crippen molar-refractivity contribution < 1.29 is 14.3 Å². The molecule has 0 atom stereocenters. The predicted octanol–water partition coefficient (Wildman–Crippen LogP) is 2.19. The molecule has 1 N–H and O–H groups in total. The Kier molecular flexibility index (Phi) is 6.17. The van der Waals surface area contributed by atoms with Crippen LogP contribution in [-0.2, 0) is 11.2 Å². The molecule has 2 amide bonds. The Morgan fingerprint density at radius 1 is 1.17 bits per heavy atom.